The van der Waals surface area contributed by atoms with Crippen molar-refractivity contribution in [3.63, 3.8) is 0 Å². The second-order valence-electron chi connectivity index (χ2n) is 6.91. The van der Waals surface area contributed by atoms with Gasteiger partial charge in [0.2, 0.25) is 5.91 Å². The third-order valence-electron chi connectivity index (χ3n) is 4.88. The molecular weight excluding hydrogens is 326 g/mol. The van der Waals surface area contributed by atoms with Gasteiger partial charge in [-0.05, 0) is 36.8 Å². The van der Waals surface area contributed by atoms with Crippen LogP contribution < -0.4 is 0 Å². The van der Waals surface area contributed by atoms with E-state index >= 15 is 0 Å². The second-order valence-corrected chi connectivity index (χ2v) is 6.91. The van der Waals surface area contributed by atoms with Gasteiger partial charge in [0.1, 0.15) is 6.61 Å². The first kappa shape index (κ1) is 18.2. The predicted molar refractivity (Wildman–Crippen MR) is 101 cm³/mol. The van der Waals surface area contributed by atoms with E-state index in [9.17, 15) is 9.59 Å². The smallest absolute Gasteiger partial charge is 0.416 e. The summed E-state index contributed by atoms with van der Waals surface area (Å²) in [5.41, 5.74) is 2.38. The van der Waals surface area contributed by atoms with Crippen molar-refractivity contribution in [3.05, 3.63) is 71.8 Å². The molecule has 4 nitrogen and oxygen atoms in total. The molecule has 2 unspecified atom stereocenters. The zero-order chi connectivity index (χ0) is 18.4. The van der Waals surface area contributed by atoms with Crippen molar-refractivity contribution in [2.45, 2.75) is 38.6 Å². The highest BCUT2D eigenvalue weighted by molar-refractivity contribution is 5.94. The van der Waals surface area contributed by atoms with E-state index in [0.717, 1.165) is 24.8 Å². The Labute approximate surface area is 154 Å². The first-order valence-electron chi connectivity index (χ1n) is 9.23. The van der Waals surface area contributed by atoms with E-state index in [1.165, 1.54) is 10.5 Å². The molecule has 3 rings (SSSR count). The normalized spacial score (nSPS) is 17.8. The first-order chi connectivity index (χ1) is 12.6. The van der Waals surface area contributed by atoms with Gasteiger partial charge in [-0.1, -0.05) is 67.6 Å². The van der Waals surface area contributed by atoms with Crippen LogP contribution in [-0.4, -0.2) is 29.5 Å². The van der Waals surface area contributed by atoms with Gasteiger partial charge in [-0.15, -0.1) is 0 Å². The highest BCUT2D eigenvalue weighted by Gasteiger charge is 2.39. The molecule has 0 aromatic heterocycles. The third-order valence-corrected chi connectivity index (χ3v) is 4.88. The minimum absolute atomic E-state index is 0.124. The van der Waals surface area contributed by atoms with Crippen LogP contribution in [0.5, 0.6) is 0 Å². The number of rotatable bonds is 7. The number of nitrogens with zero attached hydrogens (tertiary/aromatic N) is 1. The molecule has 1 saturated heterocycles. The summed E-state index contributed by atoms with van der Waals surface area (Å²) in [7, 11) is 0. The van der Waals surface area contributed by atoms with Gasteiger partial charge in [0.25, 0.3) is 0 Å². The molecule has 0 bridgehead atoms. The van der Waals surface area contributed by atoms with Crippen LogP contribution in [-0.2, 0) is 22.4 Å². The Balaban J connectivity index is 1.56. The van der Waals surface area contributed by atoms with E-state index in [4.69, 9.17) is 4.74 Å². The number of carbonyl (C=O) groups is 2. The molecule has 2 aromatic rings. The maximum Gasteiger partial charge on any atom is 0.416 e. The number of aryl methyl sites for hydroxylation is 1. The summed E-state index contributed by atoms with van der Waals surface area (Å²) in [4.78, 5) is 26.3. The quantitative estimate of drug-likeness (QED) is 0.750. The highest BCUT2D eigenvalue weighted by atomic mass is 16.6. The van der Waals surface area contributed by atoms with E-state index in [-0.39, 0.29) is 24.5 Å². The van der Waals surface area contributed by atoms with Crippen LogP contribution in [0.25, 0.3) is 0 Å². The molecule has 1 aliphatic heterocycles. The molecule has 0 N–H and O–H groups in total. The molecule has 0 saturated carbocycles. The Hall–Kier alpha value is -2.62. The van der Waals surface area contributed by atoms with Crippen LogP contribution in [0, 0.1) is 5.92 Å². The monoisotopic (exact) mass is 351 g/mol. The summed E-state index contributed by atoms with van der Waals surface area (Å²) in [5.74, 6) is -0.316. The molecule has 0 aliphatic carbocycles. The molecule has 2 aromatic carbocycles. The molecule has 1 heterocycles. The van der Waals surface area contributed by atoms with Crippen LogP contribution in [0.3, 0.4) is 0 Å². The average Bonchev–Trinajstić information content (AvgIpc) is 3.03. The summed E-state index contributed by atoms with van der Waals surface area (Å²) in [6, 6.07) is 19.9. The van der Waals surface area contributed by atoms with Gasteiger partial charge in [-0.2, -0.15) is 0 Å². The van der Waals surface area contributed by atoms with Crippen molar-refractivity contribution >= 4 is 12.0 Å². The van der Waals surface area contributed by atoms with Gasteiger partial charge in [-0.25, -0.2) is 9.69 Å². The molecule has 2 atom stereocenters. The van der Waals surface area contributed by atoms with Crippen LogP contribution >= 0.6 is 0 Å². The Bertz CT molecular complexity index is 730. The lowest BCUT2D eigenvalue weighted by Gasteiger charge is -2.23. The average molecular weight is 351 g/mol. The van der Waals surface area contributed by atoms with Gasteiger partial charge in [0.05, 0.1) is 6.04 Å². The van der Waals surface area contributed by atoms with E-state index in [1.807, 2.05) is 55.5 Å². The lowest BCUT2D eigenvalue weighted by molar-refractivity contribution is -0.133. The Kier molecular flexibility index (Phi) is 6.05. The molecular formula is C22H25NO3. The Morgan fingerprint density at radius 1 is 1.08 bits per heavy atom. The number of imide groups is 1. The van der Waals surface area contributed by atoms with Crippen molar-refractivity contribution in [1.82, 2.24) is 4.90 Å². The van der Waals surface area contributed by atoms with Gasteiger partial charge in [0, 0.05) is 5.92 Å². The summed E-state index contributed by atoms with van der Waals surface area (Å²) < 4.78 is 5.16. The number of benzene rings is 2. The van der Waals surface area contributed by atoms with Gasteiger partial charge < -0.3 is 4.74 Å². The highest BCUT2D eigenvalue weighted by Crippen LogP contribution is 2.22. The summed E-state index contributed by atoms with van der Waals surface area (Å²) in [6.45, 7) is 2.18. The number of carbonyl (C=O) groups excluding carboxylic acids is 2. The number of cyclic esters (lactones) is 1. The fourth-order valence-corrected chi connectivity index (χ4v) is 3.38. The maximum absolute atomic E-state index is 12.8. The fourth-order valence-electron chi connectivity index (χ4n) is 3.38. The van der Waals surface area contributed by atoms with Gasteiger partial charge in [0.15, 0.2) is 0 Å². The number of hydrogen-bond donors (Lipinski definition) is 0. The largest absolute Gasteiger partial charge is 0.447 e. The zero-order valence-corrected chi connectivity index (χ0v) is 15.1. The van der Waals surface area contributed by atoms with Gasteiger partial charge >= 0.3 is 6.09 Å². The molecule has 4 heteroatoms. The predicted octanol–water partition coefficient (Wildman–Crippen LogP) is 4.24. The van der Waals surface area contributed by atoms with E-state index < -0.39 is 6.09 Å². The van der Waals surface area contributed by atoms with Crippen LogP contribution in [0.15, 0.2) is 60.7 Å². The van der Waals surface area contributed by atoms with Crippen LogP contribution in [0.1, 0.15) is 30.9 Å². The number of hydrogen-bond acceptors (Lipinski definition) is 3. The molecule has 1 aliphatic rings. The van der Waals surface area contributed by atoms with Crippen molar-refractivity contribution in [2.75, 3.05) is 6.61 Å². The van der Waals surface area contributed by atoms with Crippen molar-refractivity contribution in [2.24, 2.45) is 5.92 Å². The fraction of sp³-hybridized carbons (Fsp3) is 0.364. The SMILES string of the molecule is CC(CCCc1ccccc1)C(=O)N1C(=O)OCC1Cc1ccccc1. The van der Waals surface area contributed by atoms with E-state index in [2.05, 4.69) is 12.1 Å². The topological polar surface area (TPSA) is 46.6 Å². The minimum atomic E-state index is -0.508. The van der Waals surface area contributed by atoms with Crippen molar-refractivity contribution in [3.8, 4) is 0 Å². The van der Waals surface area contributed by atoms with E-state index in [1.54, 1.807) is 0 Å². The molecule has 2 amide bonds. The third kappa shape index (κ3) is 4.51. The summed E-state index contributed by atoms with van der Waals surface area (Å²) in [5, 5.41) is 0. The first-order valence-corrected chi connectivity index (χ1v) is 9.23. The summed E-state index contributed by atoms with van der Waals surface area (Å²) >= 11 is 0. The van der Waals surface area contributed by atoms with Crippen LogP contribution in [0.4, 0.5) is 4.79 Å². The maximum atomic E-state index is 12.8. The van der Waals surface area contributed by atoms with E-state index in [0.29, 0.717) is 6.42 Å². The minimum Gasteiger partial charge on any atom is -0.447 e. The summed E-state index contributed by atoms with van der Waals surface area (Å²) in [6.07, 6.45) is 2.75. The Morgan fingerprint density at radius 3 is 2.35 bits per heavy atom. The molecule has 136 valence electrons. The lowest BCUT2D eigenvalue weighted by atomic mass is 9.98. The number of amides is 2. The van der Waals surface area contributed by atoms with Crippen molar-refractivity contribution < 1.29 is 14.3 Å². The zero-order valence-electron chi connectivity index (χ0n) is 15.1. The van der Waals surface area contributed by atoms with Crippen LogP contribution in [0.2, 0.25) is 0 Å². The number of ether oxygens (including phenoxy) is 1. The Morgan fingerprint density at radius 2 is 1.69 bits per heavy atom. The van der Waals surface area contributed by atoms with Gasteiger partial charge in [-0.3, -0.25) is 4.79 Å². The lowest BCUT2D eigenvalue weighted by Crippen LogP contribution is -2.43. The second kappa shape index (κ2) is 8.65. The molecule has 0 spiro atoms. The molecule has 1 fully saturated rings. The molecule has 26 heavy (non-hydrogen) atoms. The standard InChI is InChI=1S/C22H25NO3/c1-17(9-8-14-18-10-4-2-5-11-18)21(24)23-20(16-26-22(23)25)15-19-12-6-3-7-13-19/h2-7,10-13,17,20H,8-9,14-16H2,1H3. The van der Waals surface area contributed by atoms with Crippen molar-refractivity contribution in [1.29, 1.82) is 0 Å². The molecule has 0 radical (unpaired) electrons.